The lowest BCUT2D eigenvalue weighted by Gasteiger charge is -2.41. The number of pyridine rings is 1. The van der Waals surface area contributed by atoms with Crippen LogP contribution >= 0.6 is 0 Å². The summed E-state index contributed by atoms with van der Waals surface area (Å²) in [5.41, 5.74) is 1.69. The summed E-state index contributed by atoms with van der Waals surface area (Å²) in [5.74, 6) is 0.976. The van der Waals surface area contributed by atoms with Gasteiger partial charge in [-0.1, -0.05) is 31.0 Å². The number of benzene rings is 2. The SMILES string of the molecule is C[C@H](NC(=O)c1cccc(NC2(c3nc(-c4ccncc4)n[nH]3)CCN(C(=O)OC(C)(C)C)CC2)c1)c1cccc(OCCCCCCOCCOCCOCCCCCC(=O)O)c1. The topological polar surface area (TPSA) is 199 Å². The molecule has 16 nitrogen and oxygen atoms in total. The smallest absolute Gasteiger partial charge is 0.410 e. The zero-order valence-corrected chi connectivity index (χ0v) is 37.9. The highest BCUT2D eigenvalue weighted by Crippen LogP contribution is 2.36. The number of H-pyrrole nitrogens is 1. The maximum absolute atomic E-state index is 13.7. The van der Waals surface area contributed by atoms with Gasteiger partial charge in [0.1, 0.15) is 16.9 Å². The van der Waals surface area contributed by atoms with Gasteiger partial charge in [0.05, 0.1) is 39.1 Å². The second kappa shape index (κ2) is 25.6. The first kappa shape index (κ1) is 49.4. The van der Waals surface area contributed by atoms with Crippen molar-refractivity contribution in [2.24, 2.45) is 0 Å². The number of piperidine rings is 1. The second-order valence-corrected chi connectivity index (χ2v) is 17.1. The number of anilines is 1. The molecule has 0 bridgehead atoms. The molecule has 3 heterocycles. The lowest BCUT2D eigenvalue weighted by atomic mass is 9.86. The maximum atomic E-state index is 13.7. The van der Waals surface area contributed by atoms with E-state index in [0.29, 0.717) is 95.8 Å². The Morgan fingerprint density at radius 2 is 1.45 bits per heavy atom. The van der Waals surface area contributed by atoms with Crippen molar-refractivity contribution in [2.45, 2.75) is 109 Å². The Hall–Kier alpha value is -5.58. The van der Waals surface area contributed by atoms with E-state index >= 15 is 0 Å². The van der Waals surface area contributed by atoms with E-state index < -0.39 is 17.1 Å². The molecule has 2 amide bonds. The summed E-state index contributed by atoms with van der Waals surface area (Å²) in [4.78, 5) is 47.9. The summed E-state index contributed by atoms with van der Waals surface area (Å²) in [6.07, 6.45) is 10.7. The number of carbonyl (C=O) groups is 3. The predicted octanol–water partition coefficient (Wildman–Crippen LogP) is 8.33. The van der Waals surface area contributed by atoms with E-state index in [1.165, 1.54) is 0 Å². The number of rotatable bonds is 27. The molecule has 0 aliphatic carbocycles. The van der Waals surface area contributed by atoms with E-state index in [4.69, 9.17) is 33.8 Å². The third-order valence-corrected chi connectivity index (χ3v) is 10.7. The average molecular weight is 886 g/mol. The lowest BCUT2D eigenvalue weighted by Crippen LogP contribution is -2.50. The molecule has 1 aliphatic heterocycles. The molecule has 16 heteroatoms. The molecule has 64 heavy (non-hydrogen) atoms. The molecule has 4 aromatic rings. The van der Waals surface area contributed by atoms with E-state index in [2.05, 4.69) is 25.8 Å². The summed E-state index contributed by atoms with van der Waals surface area (Å²) < 4.78 is 28.5. The summed E-state index contributed by atoms with van der Waals surface area (Å²) in [6, 6.07) is 18.7. The standard InChI is InChI=1S/C48H67N7O9/c1-36(38-14-13-17-41(35-38)63-29-11-6-5-9-27-60-30-32-62-33-31-61-28-10-7-8-18-42(56)57)50-44(58)39-15-12-16-40(34-39)52-48(21-25-55(26-22-48)46(59)64-47(2,3)4)45-51-43(53-54-45)37-19-23-49-24-20-37/h12-17,19-20,23-24,34-36,52H,5-11,18,21-22,25-33H2,1-4H3,(H,50,58)(H,56,57)(H,51,53,54)/t36-/m0/s1. The Morgan fingerprint density at radius 1 is 0.812 bits per heavy atom. The normalized spacial score (nSPS) is 14.2. The van der Waals surface area contributed by atoms with Crippen LogP contribution < -0.4 is 15.4 Å². The number of nitrogens with zero attached hydrogens (tertiary/aromatic N) is 4. The Labute approximate surface area is 377 Å². The Balaban J connectivity index is 1.03. The number of hydrogen-bond acceptors (Lipinski definition) is 12. The lowest BCUT2D eigenvalue weighted by molar-refractivity contribution is -0.137. The van der Waals surface area contributed by atoms with Gasteiger partial charge in [0.25, 0.3) is 5.91 Å². The number of carboxylic acid groups (broad SMARTS) is 1. The first-order valence-corrected chi connectivity index (χ1v) is 22.6. The highest BCUT2D eigenvalue weighted by atomic mass is 16.6. The molecule has 1 atom stereocenters. The van der Waals surface area contributed by atoms with Gasteiger partial charge < -0.3 is 44.3 Å². The number of aliphatic carboxylic acids is 1. The van der Waals surface area contributed by atoms with Gasteiger partial charge in [-0.25, -0.2) is 9.78 Å². The summed E-state index contributed by atoms with van der Waals surface area (Å²) in [6.45, 7) is 12.4. The number of aromatic amines is 1. The molecule has 0 saturated carbocycles. The largest absolute Gasteiger partial charge is 0.494 e. The summed E-state index contributed by atoms with van der Waals surface area (Å²) >= 11 is 0. The fourth-order valence-corrected chi connectivity index (χ4v) is 7.22. The molecule has 0 radical (unpaired) electrons. The average Bonchev–Trinajstić information content (AvgIpc) is 3.79. The Morgan fingerprint density at radius 3 is 2.12 bits per heavy atom. The van der Waals surface area contributed by atoms with Crippen LogP contribution in [0.5, 0.6) is 5.75 Å². The molecule has 0 unspecified atom stereocenters. The van der Waals surface area contributed by atoms with Crippen molar-refractivity contribution in [3.05, 3.63) is 90.0 Å². The van der Waals surface area contributed by atoms with Crippen LogP contribution in [0.3, 0.4) is 0 Å². The van der Waals surface area contributed by atoms with Gasteiger partial charge in [-0.2, -0.15) is 5.10 Å². The van der Waals surface area contributed by atoms with Gasteiger partial charge in [0, 0.05) is 61.9 Å². The number of carbonyl (C=O) groups excluding carboxylic acids is 2. The molecule has 1 aliphatic rings. The van der Waals surface area contributed by atoms with Crippen LogP contribution in [0.4, 0.5) is 10.5 Å². The monoisotopic (exact) mass is 886 g/mol. The molecule has 1 fully saturated rings. The van der Waals surface area contributed by atoms with Crippen molar-refractivity contribution < 1.29 is 43.2 Å². The van der Waals surface area contributed by atoms with Crippen molar-refractivity contribution >= 4 is 23.7 Å². The first-order chi connectivity index (χ1) is 30.9. The van der Waals surface area contributed by atoms with Crippen molar-refractivity contribution in [2.75, 3.05) is 64.7 Å². The minimum Gasteiger partial charge on any atom is -0.494 e. The number of carboxylic acids is 1. The highest BCUT2D eigenvalue weighted by Gasteiger charge is 2.41. The maximum Gasteiger partial charge on any atom is 0.410 e. The van der Waals surface area contributed by atoms with Crippen LogP contribution in [-0.2, 0) is 29.3 Å². The van der Waals surface area contributed by atoms with E-state index in [1.54, 1.807) is 23.4 Å². The first-order valence-electron chi connectivity index (χ1n) is 22.6. The fraction of sp³-hybridized carbons (Fsp3) is 0.542. The molecule has 5 rings (SSSR count). The van der Waals surface area contributed by atoms with Gasteiger partial charge in [-0.15, -0.1) is 0 Å². The molecule has 348 valence electrons. The number of hydrogen-bond donors (Lipinski definition) is 4. The summed E-state index contributed by atoms with van der Waals surface area (Å²) in [7, 11) is 0. The number of nitrogens with one attached hydrogen (secondary N) is 3. The minimum atomic E-state index is -0.752. The Kier molecular flexibility index (Phi) is 19.8. The second-order valence-electron chi connectivity index (χ2n) is 17.1. The van der Waals surface area contributed by atoms with Crippen molar-refractivity contribution in [3.8, 4) is 17.1 Å². The van der Waals surface area contributed by atoms with E-state index in [9.17, 15) is 14.4 Å². The van der Waals surface area contributed by atoms with Crippen LogP contribution in [-0.4, -0.2) is 113 Å². The number of unbranched alkanes of at least 4 members (excludes halogenated alkanes) is 5. The van der Waals surface area contributed by atoms with E-state index in [-0.39, 0.29) is 24.5 Å². The number of amides is 2. The van der Waals surface area contributed by atoms with Gasteiger partial charge >= 0.3 is 12.1 Å². The van der Waals surface area contributed by atoms with Gasteiger partial charge in [-0.3, -0.25) is 19.7 Å². The third-order valence-electron chi connectivity index (χ3n) is 10.7. The molecule has 1 saturated heterocycles. The minimum absolute atomic E-state index is 0.211. The quantitative estimate of drug-likeness (QED) is 0.0417. The van der Waals surface area contributed by atoms with Crippen LogP contribution in [0.15, 0.2) is 73.1 Å². The van der Waals surface area contributed by atoms with E-state index in [0.717, 1.165) is 61.1 Å². The number of ether oxygens (including phenoxy) is 5. The molecular formula is C48H67N7O9. The van der Waals surface area contributed by atoms with Crippen molar-refractivity contribution in [1.82, 2.24) is 30.4 Å². The highest BCUT2D eigenvalue weighted by molar-refractivity contribution is 5.95. The molecule has 2 aromatic carbocycles. The molecule has 2 aromatic heterocycles. The number of aromatic nitrogens is 4. The zero-order valence-electron chi connectivity index (χ0n) is 37.9. The van der Waals surface area contributed by atoms with Crippen molar-refractivity contribution in [1.29, 1.82) is 0 Å². The van der Waals surface area contributed by atoms with Gasteiger partial charge in [-0.05, 0) is 121 Å². The zero-order chi connectivity index (χ0) is 45.6. The number of likely N-dealkylation sites (tertiary alicyclic amines) is 1. The molecule has 0 spiro atoms. The van der Waals surface area contributed by atoms with E-state index in [1.807, 2.05) is 82.3 Å². The predicted molar refractivity (Wildman–Crippen MR) is 243 cm³/mol. The van der Waals surface area contributed by atoms with Crippen LogP contribution in [0.25, 0.3) is 11.4 Å². The third kappa shape index (κ3) is 16.8. The molecular weight excluding hydrogens is 819 g/mol. The summed E-state index contributed by atoms with van der Waals surface area (Å²) in [5, 5.41) is 23.2. The van der Waals surface area contributed by atoms with Crippen LogP contribution in [0.1, 0.15) is 120 Å². The van der Waals surface area contributed by atoms with Gasteiger partial charge in [0.2, 0.25) is 0 Å². The molecule has 4 N–H and O–H groups in total. The van der Waals surface area contributed by atoms with Crippen molar-refractivity contribution in [3.63, 3.8) is 0 Å². The van der Waals surface area contributed by atoms with Gasteiger partial charge in [0.15, 0.2) is 11.6 Å². The Bertz CT molecular complexity index is 2020. The van der Waals surface area contributed by atoms with Crippen LogP contribution in [0.2, 0.25) is 0 Å². The fourth-order valence-electron chi connectivity index (χ4n) is 7.22. The van der Waals surface area contributed by atoms with Crippen LogP contribution in [0, 0.1) is 0 Å².